The summed E-state index contributed by atoms with van der Waals surface area (Å²) in [5.41, 5.74) is 3.22. The second-order valence-corrected chi connectivity index (χ2v) is 6.41. The summed E-state index contributed by atoms with van der Waals surface area (Å²) < 4.78 is 1.84. The van der Waals surface area contributed by atoms with E-state index in [0.717, 1.165) is 11.3 Å². The largest absolute Gasteiger partial charge is 0.341 e. The first-order valence-corrected chi connectivity index (χ1v) is 7.97. The molecule has 23 heavy (non-hydrogen) atoms. The van der Waals surface area contributed by atoms with Gasteiger partial charge in [0.05, 0.1) is 10.9 Å². The number of thioether (sulfide) groups is 1. The monoisotopic (exact) mass is 333 g/mol. The van der Waals surface area contributed by atoms with E-state index in [9.17, 15) is 9.59 Å². The summed E-state index contributed by atoms with van der Waals surface area (Å²) >= 11 is 1.24. The summed E-state index contributed by atoms with van der Waals surface area (Å²) in [7, 11) is 1.46. The van der Waals surface area contributed by atoms with Crippen LogP contribution in [0.2, 0.25) is 0 Å². The zero-order valence-corrected chi connectivity index (χ0v) is 14.3. The molecule has 3 amide bonds. The minimum Gasteiger partial charge on any atom is -0.341 e. The van der Waals surface area contributed by atoms with Crippen molar-refractivity contribution in [3.8, 4) is 5.69 Å². The summed E-state index contributed by atoms with van der Waals surface area (Å²) in [4.78, 5) is 23.2. The maximum Gasteiger partial charge on any atom is 0.321 e. The summed E-state index contributed by atoms with van der Waals surface area (Å²) in [6.45, 7) is 5.76. The predicted molar refractivity (Wildman–Crippen MR) is 88.8 cm³/mol. The van der Waals surface area contributed by atoms with Gasteiger partial charge in [-0.05, 0) is 32.4 Å². The Kier molecular flexibility index (Phi) is 5.38. The van der Waals surface area contributed by atoms with Crippen molar-refractivity contribution in [2.45, 2.75) is 31.2 Å². The van der Waals surface area contributed by atoms with Crippen LogP contribution in [0, 0.1) is 13.8 Å². The molecule has 1 atom stereocenters. The fraction of sp³-hybridized carbons (Fsp3) is 0.333. The molecule has 0 saturated carbocycles. The molecule has 0 fully saturated rings. The Morgan fingerprint density at radius 1 is 1.30 bits per heavy atom. The molecule has 1 heterocycles. The number of imide groups is 1. The maximum absolute atomic E-state index is 11.9. The topological polar surface area (TPSA) is 88.9 Å². The summed E-state index contributed by atoms with van der Waals surface area (Å²) in [5.74, 6) is -0.385. The van der Waals surface area contributed by atoms with Gasteiger partial charge < -0.3 is 5.32 Å². The van der Waals surface area contributed by atoms with E-state index in [1.165, 1.54) is 24.4 Å². The van der Waals surface area contributed by atoms with Crippen LogP contribution in [0.15, 0.2) is 29.7 Å². The van der Waals surface area contributed by atoms with Crippen molar-refractivity contribution in [2.75, 3.05) is 7.05 Å². The van der Waals surface area contributed by atoms with Crippen molar-refractivity contribution in [1.29, 1.82) is 0 Å². The lowest BCUT2D eigenvalue weighted by molar-refractivity contribution is -0.119. The van der Waals surface area contributed by atoms with Gasteiger partial charge in [0.2, 0.25) is 5.91 Å². The minimum absolute atomic E-state index is 0.385. The zero-order chi connectivity index (χ0) is 17.0. The van der Waals surface area contributed by atoms with Crippen LogP contribution in [0.25, 0.3) is 5.69 Å². The third-order valence-corrected chi connectivity index (χ3v) is 4.30. The van der Waals surface area contributed by atoms with Gasteiger partial charge in [-0.25, -0.2) is 4.79 Å². The number of hydrogen-bond acceptors (Lipinski definition) is 5. The van der Waals surface area contributed by atoms with E-state index in [1.54, 1.807) is 13.3 Å². The lowest BCUT2D eigenvalue weighted by atomic mass is 10.1. The van der Waals surface area contributed by atoms with Crippen LogP contribution in [0.3, 0.4) is 0 Å². The molecule has 1 unspecified atom stereocenters. The number of amides is 3. The Labute approximate surface area is 138 Å². The smallest absolute Gasteiger partial charge is 0.321 e. The molecule has 0 bridgehead atoms. The molecular formula is C15H19N5O2S. The molecule has 0 aliphatic carbocycles. The van der Waals surface area contributed by atoms with Gasteiger partial charge in [-0.2, -0.15) is 0 Å². The minimum atomic E-state index is -0.529. The molecule has 7 nitrogen and oxygen atoms in total. The zero-order valence-electron chi connectivity index (χ0n) is 13.5. The number of urea groups is 1. The van der Waals surface area contributed by atoms with Crippen LogP contribution in [0.4, 0.5) is 4.79 Å². The van der Waals surface area contributed by atoms with Gasteiger partial charge >= 0.3 is 6.03 Å². The van der Waals surface area contributed by atoms with Crippen molar-refractivity contribution in [1.82, 2.24) is 25.4 Å². The highest BCUT2D eigenvalue weighted by Gasteiger charge is 2.20. The number of aromatic nitrogens is 3. The Hall–Kier alpha value is -2.35. The van der Waals surface area contributed by atoms with Gasteiger partial charge in [0, 0.05) is 7.05 Å². The van der Waals surface area contributed by atoms with Crippen molar-refractivity contribution in [2.24, 2.45) is 0 Å². The maximum atomic E-state index is 11.9. The lowest BCUT2D eigenvalue weighted by Crippen LogP contribution is -2.41. The van der Waals surface area contributed by atoms with Crippen LogP contribution < -0.4 is 10.6 Å². The van der Waals surface area contributed by atoms with Crippen molar-refractivity contribution in [3.05, 3.63) is 35.7 Å². The number of carbonyl (C=O) groups excluding carboxylic acids is 2. The third-order valence-electron chi connectivity index (χ3n) is 3.24. The third kappa shape index (κ3) is 4.10. The number of nitrogens with one attached hydrogen (secondary N) is 2. The molecule has 122 valence electrons. The standard InChI is InChI=1S/C15H19N5O2S/c1-9-5-6-12(10(2)7-9)20-8-17-19-15(20)23-11(3)13(21)18-14(22)16-4/h5-8,11H,1-4H3,(H2,16,18,21,22). The van der Waals surface area contributed by atoms with Crippen molar-refractivity contribution < 1.29 is 9.59 Å². The highest BCUT2D eigenvalue weighted by atomic mass is 32.2. The summed E-state index contributed by atoms with van der Waals surface area (Å²) in [5, 5.41) is 12.7. The summed E-state index contributed by atoms with van der Waals surface area (Å²) in [6.07, 6.45) is 1.61. The van der Waals surface area contributed by atoms with Gasteiger partial charge in [0.15, 0.2) is 5.16 Å². The molecule has 1 aromatic carbocycles. The average Bonchev–Trinajstić information content (AvgIpc) is 2.94. The van der Waals surface area contributed by atoms with Gasteiger partial charge in [-0.15, -0.1) is 10.2 Å². The highest BCUT2D eigenvalue weighted by Crippen LogP contribution is 2.25. The van der Waals surface area contributed by atoms with Crippen LogP contribution >= 0.6 is 11.8 Å². The molecule has 2 rings (SSSR count). The number of rotatable bonds is 4. The van der Waals surface area contributed by atoms with Crippen LogP contribution in [-0.4, -0.2) is 39.0 Å². The first-order valence-electron chi connectivity index (χ1n) is 7.09. The van der Waals surface area contributed by atoms with Gasteiger partial charge in [-0.3, -0.25) is 14.7 Å². The molecule has 0 aliphatic rings. The van der Waals surface area contributed by atoms with Crippen LogP contribution in [0.5, 0.6) is 0 Å². The fourth-order valence-electron chi connectivity index (χ4n) is 2.03. The predicted octanol–water partition coefficient (Wildman–Crippen LogP) is 1.82. The first-order chi connectivity index (χ1) is 10.9. The van der Waals surface area contributed by atoms with E-state index in [1.807, 2.05) is 30.5 Å². The Balaban J connectivity index is 2.18. The number of benzene rings is 1. The molecule has 2 N–H and O–H groups in total. The van der Waals surface area contributed by atoms with E-state index < -0.39 is 11.3 Å². The van der Waals surface area contributed by atoms with Gasteiger partial charge in [0.1, 0.15) is 6.33 Å². The van der Waals surface area contributed by atoms with E-state index in [-0.39, 0.29) is 5.91 Å². The Morgan fingerprint density at radius 2 is 2.04 bits per heavy atom. The number of aryl methyl sites for hydroxylation is 2. The van der Waals surface area contributed by atoms with E-state index >= 15 is 0 Å². The van der Waals surface area contributed by atoms with E-state index in [4.69, 9.17) is 0 Å². The molecule has 1 aromatic heterocycles. The van der Waals surface area contributed by atoms with Crippen molar-refractivity contribution >= 4 is 23.7 Å². The number of hydrogen-bond donors (Lipinski definition) is 2. The second-order valence-electron chi connectivity index (χ2n) is 5.10. The van der Waals surface area contributed by atoms with Crippen molar-refractivity contribution in [3.63, 3.8) is 0 Å². The molecule has 0 spiro atoms. The highest BCUT2D eigenvalue weighted by molar-refractivity contribution is 8.00. The van der Waals surface area contributed by atoms with Gasteiger partial charge in [-0.1, -0.05) is 29.5 Å². The van der Waals surface area contributed by atoms with Crippen LogP contribution in [-0.2, 0) is 4.79 Å². The molecule has 0 saturated heterocycles. The van der Waals surface area contributed by atoms with E-state index in [2.05, 4.69) is 26.9 Å². The second kappa shape index (κ2) is 7.28. The number of nitrogens with zero attached hydrogens (tertiary/aromatic N) is 3. The molecule has 8 heteroatoms. The fourth-order valence-corrected chi connectivity index (χ4v) is 2.87. The SMILES string of the molecule is CNC(=O)NC(=O)C(C)Sc1nncn1-c1ccc(C)cc1C. The Morgan fingerprint density at radius 3 is 2.70 bits per heavy atom. The quantitative estimate of drug-likeness (QED) is 0.833. The summed E-state index contributed by atoms with van der Waals surface area (Å²) in [6, 6.07) is 5.55. The van der Waals surface area contributed by atoms with E-state index in [0.29, 0.717) is 5.16 Å². The molecule has 0 radical (unpaired) electrons. The van der Waals surface area contributed by atoms with Crippen LogP contribution in [0.1, 0.15) is 18.1 Å². The van der Waals surface area contributed by atoms with Gasteiger partial charge in [0.25, 0.3) is 0 Å². The lowest BCUT2D eigenvalue weighted by Gasteiger charge is -2.13. The first kappa shape index (κ1) is 17.0. The molecular weight excluding hydrogens is 314 g/mol. The Bertz CT molecular complexity index is 728. The normalized spacial score (nSPS) is 11.8. The average molecular weight is 333 g/mol. The number of carbonyl (C=O) groups is 2. The molecule has 2 aromatic rings. The molecule has 0 aliphatic heterocycles.